The van der Waals surface area contributed by atoms with Crippen molar-refractivity contribution >= 4 is 11.7 Å². The number of halogens is 2. The SMILES string of the molecule is CC.CC(C)C1=NNC(C)N1[C@@H]1CC2N(CC[C@H](NC(=O)C3CCC(F)(F)CC3)c3ccccc3)C3CCC32C1. The van der Waals surface area contributed by atoms with E-state index in [2.05, 4.69) is 58.5 Å². The fourth-order valence-corrected chi connectivity index (χ4v) is 8.33. The van der Waals surface area contributed by atoms with Crippen LogP contribution in [0.3, 0.4) is 0 Å². The van der Waals surface area contributed by atoms with E-state index in [1.54, 1.807) is 0 Å². The largest absolute Gasteiger partial charge is 0.349 e. The van der Waals surface area contributed by atoms with Crippen molar-refractivity contribution in [1.29, 1.82) is 0 Å². The summed E-state index contributed by atoms with van der Waals surface area (Å²) in [4.78, 5) is 18.4. The quantitative estimate of drug-likeness (QED) is 0.394. The molecule has 40 heavy (non-hydrogen) atoms. The van der Waals surface area contributed by atoms with Crippen molar-refractivity contribution in [2.75, 3.05) is 6.54 Å². The van der Waals surface area contributed by atoms with Gasteiger partial charge >= 0.3 is 0 Å². The number of benzene rings is 1. The molecule has 2 N–H and O–H groups in total. The molecule has 6 atom stereocenters. The van der Waals surface area contributed by atoms with Crippen LogP contribution in [0.25, 0.3) is 0 Å². The first-order valence-electron chi connectivity index (χ1n) is 15.8. The highest BCUT2D eigenvalue weighted by Crippen LogP contribution is 2.66. The van der Waals surface area contributed by atoms with Gasteiger partial charge in [-0.25, -0.2) is 8.78 Å². The summed E-state index contributed by atoms with van der Waals surface area (Å²) in [6.45, 7) is 11.6. The summed E-state index contributed by atoms with van der Waals surface area (Å²) in [5.41, 5.74) is 4.86. The number of nitrogens with zero attached hydrogens (tertiary/aromatic N) is 3. The van der Waals surface area contributed by atoms with Crippen molar-refractivity contribution in [2.45, 2.75) is 129 Å². The van der Waals surface area contributed by atoms with Crippen molar-refractivity contribution in [2.24, 2.45) is 22.4 Å². The van der Waals surface area contributed by atoms with E-state index in [1.165, 1.54) is 31.5 Å². The highest BCUT2D eigenvalue weighted by molar-refractivity contribution is 5.85. The van der Waals surface area contributed by atoms with Crippen LogP contribution >= 0.6 is 0 Å². The number of carbonyl (C=O) groups excluding carboxylic acids is 1. The number of carbonyl (C=O) groups is 1. The van der Waals surface area contributed by atoms with Gasteiger partial charge < -0.3 is 10.2 Å². The number of hydrogen-bond donors (Lipinski definition) is 2. The van der Waals surface area contributed by atoms with E-state index in [4.69, 9.17) is 0 Å². The molecule has 0 bridgehead atoms. The fourth-order valence-electron chi connectivity index (χ4n) is 8.33. The molecule has 2 heterocycles. The normalized spacial score (nSPS) is 33.4. The predicted molar refractivity (Wildman–Crippen MR) is 156 cm³/mol. The minimum atomic E-state index is -2.62. The summed E-state index contributed by atoms with van der Waals surface area (Å²) in [5.74, 6) is -1.40. The summed E-state index contributed by atoms with van der Waals surface area (Å²) in [7, 11) is 0. The predicted octanol–water partition coefficient (Wildman–Crippen LogP) is 6.30. The summed E-state index contributed by atoms with van der Waals surface area (Å²) in [6, 6.07) is 11.8. The molecule has 222 valence electrons. The molecule has 1 saturated heterocycles. The lowest BCUT2D eigenvalue weighted by Gasteiger charge is -2.68. The summed E-state index contributed by atoms with van der Waals surface area (Å²) in [6.07, 6.45) is 6.27. The van der Waals surface area contributed by atoms with E-state index < -0.39 is 5.92 Å². The van der Waals surface area contributed by atoms with E-state index >= 15 is 0 Å². The van der Waals surface area contributed by atoms with Gasteiger partial charge in [-0.05, 0) is 57.4 Å². The van der Waals surface area contributed by atoms with Gasteiger partial charge in [-0.3, -0.25) is 15.1 Å². The second kappa shape index (κ2) is 11.6. The maximum atomic E-state index is 13.7. The molecule has 4 fully saturated rings. The van der Waals surface area contributed by atoms with E-state index in [0.717, 1.165) is 18.5 Å². The van der Waals surface area contributed by atoms with Gasteiger partial charge in [0.1, 0.15) is 12.0 Å². The van der Waals surface area contributed by atoms with E-state index in [0.29, 0.717) is 29.5 Å². The number of amides is 1. The van der Waals surface area contributed by atoms with Crippen molar-refractivity contribution in [1.82, 2.24) is 20.5 Å². The average molecular weight is 558 g/mol. The monoisotopic (exact) mass is 557 g/mol. The molecule has 1 amide bonds. The van der Waals surface area contributed by atoms with Gasteiger partial charge in [-0.1, -0.05) is 58.0 Å². The van der Waals surface area contributed by atoms with Crippen LogP contribution in [-0.2, 0) is 4.79 Å². The number of piperidine rings is 1. The van der Waals surface area contributed by atoms with Gasteiger partial charge in [0.2, 0.25) is 11.8 Å². The van der Waals surface area contributed by atoms with Crippen LogP contribution in [-0.4, -0.2) is 58.3 Å². The van der Waals surface area contributed by atoms with Gasteiger partial charge in [0.25, 0.3) is 0 Å². The zero-order valence-electron chi connectivity index (χ0n) is 25.0. The zero-order valence-corrected chi connectivity index (χ0v) is 25.0. The Hall–Kier alpha value is -2.22. The Morgan fingerprint density at radius 3 is 2.42 bits per heavy atom. The summed E-state index contributed by atoms with van der Waals surface area (Å²) >= 11 is 0. The van der Waals surface area contributed by atoms with Gasteiger partial charge in [0.15, 0.2) is 0 Å². The lowest BCUT2D eigenvalue weighted by molar-refractivity contribution is -0.188. The molecule has 0 aromatic heterocycles. The highest BCUT2D eigenvalue weighted by Gasteiger charge is 2.69. The smallest absolute Gasteiger partial charge is 0.248 e. The lowest BCUT2D eigenvalue weighted by atomic mass is 9.53. The second-order valence-electron chi connectivity index (χ2n) is 12.9. The molecule has 2 aliphatic heterocycles. The first-order chi connectivity index (χ1) is 19.2. The van der Waals surface area contributed by atoms with Gasteiger partial charge in [0.05, 0.1) is 6.04 Å². The first kappa shape index (κ1) is 29.3. The Labute approximate surface area is 239 Å². The molecule has 3 saturated carbocycles. The minimum absolute atomic E-state index is 0.0621. The standard InChI is InChI=1S/C30H43F2N5O.C2H6/c1-19(2)27-35-34-20(3)37(27)23-17-26-29(18-23)13-11-25(29)36(26)16-12-24(21-7-5-4-6-8-21)33-28(38)22-9-14-30(31,32)15-10-22;1-2/h4-8,19-20,22-26,34H,9-18H2,1-3H3,(H,33,38);1-2H3/t20?,23-,24+,25?,26?,29?;/m1./s1. The van der Waals surface area contributed by atoms with Gasteiger partial charge in [-0.15, -0.1) is 0 Å². The third kappa shape index (κ3) is 5.25. The molecule has 1 spiro atoms. The van der Waals surface area contributed by atoms with Crippen molar-refractivity contribution < 1.29 is 13.6 Å². The lowest BCUT2D eigenvalue weighted by Crippen LogP contribution is -2.74. The highest BCUT2D eigenvalue weighted by atomic mass is 19.3. The van der Waals surface area contributed by atoms with Gasteiger partial charge in [-0.2, -0.15) is 5.10 Å². The number of hydrazone groups is 1. The molecule has 5 aliphatic rings. The van der Waals surface area contributed by atoms with E-state index in [-0.39, 0.29) is 49.7 Å². The Bertz CT molecular complexity index is 1050. The van der Waals surface area contributed by atoms with Crippen molar-refractivity contribution in [3.8, 4) is 0 Å². The number of nitrogens with one attached hydrogen (secondary N) is 2. The van der Waals surface area contributed by atoms with Crippen molar-refractivity contribution in [3.63, 3.8) is 0 Å². The molecule has 4 unspecified atom stereocenters. The molecular formula is C32H49F2N5O. The van der Waals surface area contributed by atoms with E-state index in [1.807, 2.05) is 32.0 Å². The van der Waals surface area contributed by atoms with Crippen LogP contribution in [0.4, 0.5) is 8.78 Å². The zero-order chi connectivity index (χ0) is 28.7. The molecule has 0 radical (unpaired) electrons. The minimum Gasteiger partial charge on any atom is -0.349 e. The third-order valence-corrected chi connectivity index (χ3v) is 10.4. The molecule has 6 rings (SSSR count). The first-order valence-corrected chi connectivity index (χ1v) is 15.8. The Kier molecular flexibility index (Phi) is 8.47. The molecule has 3 aliphatic carbocycles. The molecule has 6 nitrogen and oxygen atoms in total. The number of rotatable bonds is 8. The maximum absolute atomic E-state index is 13.7. The van der Waals surface area contributed by atoms with Crippen LogP contribution in [0.1, 0.15) is 104 Å². The molecular weight excluding hydrogens is 508 g/mol. The molecule has 1 aromatic rings. The van der Waals surface area contributed by atoms with E-state index in [9.17, 15) is 13.6 Å². The van der Waals surface area contributed by atoms with Crippen LogP contribution in [0.5, 0.6) is 0 Å². The fraction of sp³-hybridized carbons (Fsp3) is 0.750. The van der Waals surface area contributed by atoms with Crippen LogP contribution in [0.2, 0.25) is 0 Å². The molecule has 8 heteroatoms. The van der Waals surface area contributed by atoms with Crippen LogP contribution in [0, 0.1) is 17.3 Å². The van der Waals surface area contributed by atoms with Crippen LogP contribution in [0.15, 0.2) is 35.4 Å². The average Bonchev–Trinajstić information content (AvgIpc) is 3.51. The van der Waals surface area contributed by atoms with Crippen molar-refractivity contribution in [3.05, 3.63) is 35.9 Å². The maximum Gasteiger partial charge on any atom is 0.248 e. The molecule has 1 aromatic carbocycles. The topological polar surface area (TPSA) is 60.0 Å². The summed E-state index contributed by atoms with van der Waals surface area (Å²) in [5, 5.41) is 7.93. The number of likely N-dealkylation sites (tertiary alicyclic amines) is 1. The Balaban J connectivity index is 0.00000158. The Morgan fingerprint density at radius 1 is 1.10 bits per heavy atom. The number of amidine groups is 1. The second-order valence-corrected chi connectivity index (χ2v) is 12.9. The van der Waals surface area contributed by atoms with Gasteiger partial charge in [0, 0.05) is 54.8 Å². The van der Waals surface area contributed by atoms with Crippen LogP contribution < -0.4 is 10.7 Å². The number of hydrogen-bond acceptors (Lipinski definition) is 5. The summed E-state index contributed by atoms with van der Waals surface area (Å²) < 4.78 is 27.3. The third-order valence-electron chi connectivity index (χ3n) is 10.4. The number of alkyl halides is 2. The Morgan fingerprint density at radius 2 is 1.80 bits per heavy atom.